The summed E-state index contributed by atoms with van der Waals surface area (Å²) in [4.78, 5) is 18.2. The summed E-state index contributed by atoms with van der Waals surface area (Å²) in [5, 5.41) is 5.20. The molecule has 0 aliphatic rings. The van der Waals surface area contributed by atoms with Crippen LogP contribution in [0.3, 0.4) is 0 Å². The van der Waals surface area contributed by atoms with Gasteiger partial charge in [-0.2, -0.15) is 4.98 Å². The van der Waals surface area contributed by atoms with Crippen molar-refractivity contribution in [1.29, 1.82) is 0 Å². The molecule has 7 heteroatoms. The summed E-state index contributed by atoms with van der Waals surface area (Å²) in [6.07, 6.45) is 1.01. The molecule has 1 atom stereocenters. The van der Waals surface area contributed by atoms with E-state index in [1.54, 1.807) is 7.05 Å². The Kier molecular flexibility index (Phi) is 3.37. The van der Waals surface area contributed by atoms with Crippen LogP contribution in [0.15, 0.2) is 6.20 Å². The summed E-state index contributed by atoms with van der Waals surface area (Å²) >= 11 is 0. The summed E-state index contributed by atoms with van der Waals surface area (Å²) in [5.41, 5.74) is 5.02. The van der Waals surface area contributed by atoms with Crippen LogP contribution in [-0.4, -0.2) is 29.0 Å². The first-order chi connectivity index (χ1) is 7.04. The summed E-state index contributed by atoms with van der Waals surface area (Å²) in [6, 6.07) is -0.695. The van der Waals surface area contributed by atoms with Crippen LogP contribution >= 0.6 is 0 Å². The number of rotatable bonds is 4. The van der Waals surface area contributed by atoms with Gasteiger partial charge in [0, 0.05) is 7.05 Å². The maximum atomic E-state index is 13.2. The second kappa shape index (κ2) is 4.54. The number of carbonyl (C=O) groups is 1. The summed E-state index contributed by atoms with van der Waals surface area (Å²) in [6.45, 7) is 1.52. The standard InChI is InChI=1S/C8H12FN5O/c1-4(6(10)15)13-7-5(9)3-12-8(11-2)14-7/h3-4H,1-2H3,(H2,10,15)(H2,11,12,13,14). The van der Waals surface area contributed by atoms with Gasteiger partial charge in [-0.15, -0.1) is 0 Å². The van der Waals surface area contributed by atoms with Gasteiger partial charge in [-0.05, 0) is 6.92 Å². The maximum absolute atomic E-state index is 13.2. The van der Waals surface area contributed by atoms with Crippen molar-refractivity contribution in [3.8, 4) is 0 Å². The molecule has 82 valence electrons. The third-order valence-electron chi connectivity index (χ3n) is 1.75. The Balaban J connectivity index is 2.88. The Morgan fingerprint density at radius 1 is 1.67 bits per heavy atom. The number of hydrogen-bond acceptors (Lipinski definition) is 5. The van der Waals surface area contributed by atoms with Gasteiger partial charge in [-0.25, -0.2) is 9.37 Å². The number of aromatic nitrogens is 2. The Morgan fingerprint density at radius 2 is 2.33 bits per heavy atom. The van der Waals surface area contributed by atoms with Crippen LogP contribution in [0, 0.1) is 5.82 Å². The average molecular weight is 213 g/mol. The molecular formula is C8H12FN5O. The van der Waals surface area contributed by atoms with E-state index in [1.807, 2.05) is 0 Å². The normalized spacial score (nSPS) is 11.9. The molecule has 0 spiro atoms. The SMILES string of the molecule is CNc1ncc(F)c(NC(C)C(N)=O)n1. The van der Waals surface area contributed by atoms with Crippen LogP contribution in [-0.2, 0) is 4.79 Å². The fourth-order valence-electron chi connectivity index (χ4n) is 0.865. The number of primary amides is 1. The number of halogens is 1. The van der Waals surface area contributed by atoms with Gasteiger partial charge in [-0.1, -0.05) is 0 Å². The summed E-state index contributed by atoms with van der Waals surface area (Å²) in [5.74, 6) is -1.02. The van der Waals surface area contributed by atoms with Crippen LogP contribution in [0.4, 0.5) is 16.2 Å². The van der Waals surface area contributed by atoms with E-state index >= 15 is 0 Å². The van der Waals surface area contributed by atoms with Crippen molar-refractivity contribution in [3.05, 3.63) is 12.0 Å². The van der Waals surface area contributed by atoms with Crippen molar-refractivity contribution in [2.45, 2.75) is 13.0 Å². The molecule has 0 aliphatic heterocycles. The van der Waals surface area contributed by atoms with E-state index in [9.17, 15) is 9.18 Å². The molecule has 6 nitrogen and oxygen atoms in total. The highest BCUT2D eigenvalue weighted by atomic mass is 19.1. The summed E-state index contributed by atoms with van der Waals surface area (Å²) < 4.78 is 13.2. The van der Waals surface area contributed by atoms with Gasteiger partial charge < -0.3 is 16.4 Å². The number of carbonyl (C=O) groups excluding carboxylic acids is 1. The molecule has 0 saturated carbocycles. The Labute approximate surface area is 86.1 Å². The number of nitrogens with one attached hydrogen (secondary N) is 2. The van der Waals surface area contributed by atoms with Crippen molar-refractivity contribution in [3.63, 3.8) is 0 Å². The lowest BCUT2D eigenvalue weighted by atomic mass is 10.3. The van der Waals surface area contributed by atoms with E-state index < -0.39 is 17.8 Å². The molecule has 4 N–H and O–H groups in total. The Hall–Kier alpha value is -1.92. The Bertz CT molecular complexity index is 370. The van der Waals surface area contributed by atoms with Crippen LogP contribution in [0.5, 0.6) is 0 Å². The number of amides is 1. The minimum Gasteiger partial charge on any atom is -0.368 e. The third-order valence-corrected chi connectivity index (χ3v) is 1.75. The lowest BCUT2D eigenvalue weighted by molar-refractivity contribution is -0.118. The largest absolute Gasteiger partial charge is 0.368 e. The predicted molar refractivity (Wildman–Crippen MR) is 53.8 cm³/mol. The van der Waals surface area contributed by atoms with E-state index in [4.69, 9.17) is 5.73 Å². The molecule has 15 heavy (non-hydrogen) atoms. The van der Waals surface area contributed by atoms with Gasteiger partial charge in [0.2, 0.25) is 11.9 Å². The van der Waals surface area contributed by atoms with Gasteiger partial charge >= 0.3 is 0 Å². The first kappa shape index (κ1) is 11.2. The zero-order chi connectivity index (χ0) is 11.4. The van der Waals surface area contributed by atoms with Gasteiger partial charge in [0.25, 0.3) is 0 Å². The van der Waals surface area contributed by atoms with E-state index in [1.165, 1.54) is 6.92 Å². The molecule has 0 aromatic carbocycles. The van der Waals surface area contributed by atoms with Gasteiger partial charge in [-0.3, -0.25) is 4.79 Å². The molecule has 0 fully saturated rings. The molecule has 1 amide bonds. The molecule has 1 rings (SSSR count). The van der Waals surface area contributed by atoms with Gasteiger partial charge in [0.15, 0.2) is 11.6 Å². The smallest absolute Gasteiger partial charge is 0.239 e. The molecule has 1 unspecified atom stereocenters. The fourth-order valence-corrected chi connectivity index (χ4v) is 0.865. The van der Waals surface area contributed by atoms with E-state index in [-0.39, 0.29) is 11.8 Å². The average Bonchev–Trinajstić information content (AvgIpc) is 2.21. The molecule has 0 saturated heterocycles. The molecule has 0 radical (unpaired) electrons. The molecule has 1 heterocycles. The lowest BCUT2D eigenvalue weighted by Crippen LogP contribution is -2.33. The van der Waals surface area contributed by atoms with Crippen LogP contribution in [0.1, 0.15) is 6.92 Å². The number of hydrogen-bond donors (Lipinski definition) is 3. The van der Waals surface area contributed by atoms with Crippen LogP contribution in [0.25, 0.3) is 0 Å². The van der Waals surface area contributed by atoms with Crippen molar-refractivity contribution in [2.75, 3.05) is 17.7 Å². The third kappa shape index (κ3) is 2.76. The second-order valence-electron chi connectivity index (χ2n) is 2.91. The van der Waals surface area contributed by atoms with Crippen molar-refractivity contribution < 1.29 is 9.18 Å². The van der Waals surface area contributed by atoms with Gasteiger partial charge in [0.1, 0.15) is 6.04 Å². The van der Waals surface area contributed by atoms with E-state index in [0.29, 0.717) is 0 Å². The minimum atomic E-state index is -0.695. The highest BCUT2D eigenvalue weighted by molar-refractivity contribution is 5.82. The quantitative estimate of drug-likeness (QED) is 0.651. The van der Waals surface area contributed by atoms with Crippen molar-refractivity contribution in [2.24, 2.45) is 5.73 Å². The zero-order valence-corrected chi connectivity index (χ0v) is 8.41. The second-order valence-corrected chi connectivity index (χ2v) is 2.91. The highest BCUT2D eigenvalue weighted by Crippen LogP contribution is 2.12. The molecular weight excluding hydrogens is 201 g/mol. The van der Waals surface area contributed by atoms with Crippen molar-refractivity contribution in [1.82, 2.24) is 9.97 Å². The van der Waals surface area contributed by atoms with Crippen LogP contribution in [0.2, 0.25) is 0 Å². The molecule has 1 aromatic rings. The monoisotopic (exact) mass is 213 g/mol. The molecule has 0 bridgehead atoms. The Morgan fingerprint density at radius 3 is 2.87 bits per heavy atom. The van der Waals surface area contributed by atoms with Crippen LogP contribution < -0.4 is 16.4 Å². The van der Waals surface area contributed by atoms with Gasteiger partial charge in [0.05, 0.1) is 6.20 Å². The first-order valence-corrected chi connectivity index (χ1v) is 4.30. The zero-order valence-electron chi connectivity index (χ0n) is 8.41. The number of anilines is 2. The number of nitrogens with two attached hydrogens (primary N) is 1. The van der Waals surface area contributed by atoms with E-state index in [0.717, 1.165) is 6.20 Å². The first-order valence-electron chi connectivity index (χ1n) is 4.30. The number of nitrogens with zero attached hydrogens (tertiary/aromatic N) is 2. The maximum Gasteiger partial charge on any atom is 0.239 e. The minimum absolute atomic E-state index is 0.0550. The summed E-state index contributed by atoms with van der Waals surface area (Å²) in [7, 11) is 1.61. The highest BCUT2D eigenvalue weighted by Gasteiger charge is 2.12. The fraction of sp³-hybridized carbons (Fsp3) is 0.375. The van der Waals surface area contributed by atoms with E-state index in [2.05, 4.69) is 20.6 Å². The van der Waals surface area contributed by atoms with Crippen molar-refractivity contribution >= 4 is 17.7 Å². The molecule has 1 aromatic heterocycles. The lowest BCUT2D eigenvalue weighted by Gasteiger charge is -2.11. The predicted octanol–water partition coefficient (Wildman–Crippen LogP) is -0.0569. The topological polar surface area (TPSA) is 92.9 Å². The molecule has 0 aliphatic carbocycles.